The Morgan fingerprint density at radius 2 is 1.30 bits per heavy atom. The molecular formula is C26H25N3O. The molecule has 3 aromatic carbocycles. The van der Waals surface area contributed by atoms with Gasteiger partial charge in [-0.1, -0.05) is 91.0 Å². The summed E-state index contributed by atoms with van der Waals surface area (Å²) in [7, 11) is 0. The minimum absolute atomic E-state index is 0.0263. The topological polar surface area (TPSA) is 46.9 Å². The predicted molar refractivity (Wildman–Crippen MR) is 119 cm³/mol. The zero-order chi connectivity index (χ0) is 20.8. The van der Waals surface area contributed by atoms with Gasteiger partial charge in [-0.25, -0.2) is 4.98 Å². The van der Waals surface area contributed by atoms with Crippen molar-refractivity contribution in [1.82, 2.24) is 14.9 Å². The van der Waals surface area contributed by atoms with Crippen LogP contribution in [-0.2, 0) is 16.8 Å². The van der Waals surface area contributed by atoms with Gasteiger partial charge in [0.25, 0.3) is 0 Å². The van der Waals surface area contributed by atoms with Gasteiger partial charge >= 0.3 is 0 Å². The van der Waals surface area contributed by atoms with Gasteiger partial charge in [-0.05, 0) is 16.7 Å². The van der Waals surface area contributed by atoms with Gasteiger partial charge in [-0.2, -0.15) is 0 Å². The number of nitrogens with zero attached hydrogens (tertiary/aromatic N) is 2. The quantitative estimate of drug-likeness (QED) is 0.472. The van der Waals surface area contributed by atoms with Crippen LogP contribution in [0.25, 0.3) is 0 Å². The number of aromatic nitrogens is 2. The molecule has 0 aliphatic rings. The number of benzene rings is 3. The van der Waals surface area contributed by atoms with Crippen molar-refractivity contribution in [2.45, 2.75) is 18.9 Å². The minimum atomic E-state index is -0.553. The SMILES string of the molecule is CC(=O)NCCc1cn(C(c2ccccc2)(c2ccccc2)c2ccccc2)cn1. The predicted octanol–water partition coefficient (Wildman–Crippen LogP) is 4.40. The van der Waals surface area contributed by atoms with Gasteiger partial charge in [0.05, 0.1) is 12.0 Å². The van der Waals surface area contributed by atoms with Crippen LogP contribution >= 0.6 is 0 Å². The van der Waals surface area contributed by atoms with Crippen LogP contribution in [0, 0.1) is 0 Å². The zero-order valence-corrected chi connectivity index (χ0v) is 17.0. The molecule has 0 saturated heterocycles. The van der Waals surface area contributed by atoms with Crippen LogP contribution in [0.5, 0.6) is 0 Å². The Morgan fingerprint density at radius 3 is 1.73 bits per heavy atom. The molecule has 0 radical (unpaired) electrons. The molecule has 1 amide bonds. The van der Waals surface area contributed by atoms with Gasteiger partial charge in [-0.3, -0.25) is 4.79 Å². The Kier molecular flexibility index (Phi) is 5.75. The van der Waals surface area contributed by atoms with Gasteiger partial charge in [0.15, 0.2) is 0 Å². The lowest BCUT2D eigenvalue weighted by Crippen LogP contribution is -2.37. The fraction of sp³-hybridized carbons (Fsp3) is 0.154. The highest BCUT2D eigenvalue weighted by Gasteiger charge is 2.38. The monoisotopic (exact) mass is 395 g/mol. The summed E-state index contributed by atoms with van der Waals surface area (Å²) in [5.41, 5.74) is 3.87. The molecule has 0 saturated carbocycles. The second-order valence-corrected chi connectivity index (χ2v) is 7.31. The maximum absolute atomic E-state index is 11.2. The van der Waals surface area contributed by atoms with Gasteiger partial charge in [0, 0.05) is 26.1 Å². The van der Waals surface area contributed by atoms with E-state index in [-0.39, 0.29) is 5.91 Å². The van der Waals surface area contributed by atoms with Crippen LogP contribution in [0.2, 0.25) is 0 Å². The summed E-state index contributed by atoms with van der Waals surface area (Å²) in [4.78, 5) is 15.9. The number of hydrogen-bond acceptors (Lipinski definition) is 2. The van der Waals surface area contributed by atoms with Crippen molar-refractivity contribution in [3.8, 4) is 0 Å². The fourth-order valence-electron chi connectivity index (χ4n) is 4.03. The third-order valence-corrected chi connectivity index (χ3v) is 5.35. The summed E-state index contributed by atoms with van der Waals surface area (Å²) in [6, 6.07) is 31.5. The molecule has 0 aliphatic carbocycles. The maximum Gasteiger partial charge on any atom is 0.216 e. The highest BCUT2D eigenvalue weighted by molar-refractivity contribution is 5.72. The molecule has 0 bridgehead atoms. The molecular weight excluding hydrogens is 370 g/mol. The zero-order valence-electron chi connectivity index (χ0n) is 17.0. The first kappa shape index (κ1) is 19.6. The van der Waals surface area contributed by atoms with E-state index < -0.39 is 5.54 Å². The number of amides is 1. The number of rotatable bonds is 7. The first-order valence-electron chi connectivity index (χ1n) is 10.2. The summed E-state index contributed by atoms with van der Waals surface area (Å²) >= 11 is 0. The van der Waals surface area contributed by atoms with Gasteiger partial charge in [0.2, 0.25) is 5.91 Å². The Hall–Kier alpha value is -3.66. The standard InChI is InChI=1S/C26H25N3O/c1-21(30)27-18-17-25-19-29(20-28-25)26(22-11-5-2-6-12-22,23-13-7-3-8-14-23)24-15-9-4-10-16-24/h2-16,19-20H,17-18H2,1H3,(H,27,30). The first-order valence-corrected chi connectivity index (χ1v) is 10.2. The van der Waals surface area contributed by atoms with Crippen molar-refractivity contribution in [3.05, 3.63) is 126 Å². The Balaban J connectivity index is 1.90. The van der Waals surface area contributed by atoms with E-state index in [4.69, 9.17) is 0 Å². The second kappa shape index (κ2) is 8.78. The summed E-state index contributed by atoms with van der Waals surface area (Å²) in [5, 5.41) is 2.85. The molecule has 4 nitrogen and oxygen atoms in total. The van der Waals surface area contributed by atoms with Crippen LogP contribution < -0.4 is 5.32 Å². The van der Waals surface area contributed by atoms with Crippen molar-refractivity contribution in [2.75, 3.05) is 6.54 Å². The highest BCUT2D eigenvalue weighted by Crippen LogP contribution is 2.40. The van der Waals surface area contributed by atoms with Crippen LogP contribution in [0.15, 0.2) is 104 Å². The number of carbonyl (C=O) groups is 1. The molecule has 0 aliphatic heterocycles. The highest BCUT2D eigenvalue weighted by atomic mass is 16.1. The Morgan fingerprint density at radius 1 is 0.833 bits per heavy atom. The van der Waals surface area contributed by atoms with Crippen molar-refractivity contribution < 1.29 is 4.79 Å². The average Bonchev–Trinajstić information content (AvgIpc) is 3.25. The van der Waals surface area contributed by atoms with Crippen LogP contribution in [-0.4, -0.2) is 22.0 Å². The lowest BCUT2D eigenvalue weighted by molar-refractivity contribution is -0.118. The normalized spacial score (nSPS) is 11.2. The van der Waals surface area contributed by atoms with Crippen molar-refractivity contribution in [2.24, 2.45) is 0 Å². The lowest BCUT2D eigenvalue weighted by Gasteiger charge is -2.37. The van der Waals surface area contributed by atoms with Gasteiger partial charge < -0.3 is 9.88 Å². The molecule has 150 valence electrons. The fourth-order valence-corrected chi connectivity index (χ4v) is 4.03. The van der Waals surface area contributed by atoms with Crippen LogP contribution in [0.4, 0.5) is 0 Å². The molecule has 30 heavy (non-hydrogen) atoms. The smallest absolute Gasteiger partial charge is 0.216 e. The molecule has 4 aromatic rings. The molecule has 0 atom stereocenters. The Labute approximate surface area is 177 Å². The second-order valence-electron chi connectivity index (χ2n) is 7.31. The molecule has 1 aromatic heterocycles. The van der Waals surface area contributed by atoms with E-state index in [0.717, 1.165) is 22.4 Å². The molecule has 1 heterocycles. The van der Waals surface area contributed by atoms with E-state index in [0.29, 0.717) is 13.0 Å². The van der Waals surface area contributed by atoms with Crippen molar-refractivity contribution >= 4 is 5.91 Å². The van der Waals surface area contributed by atoms with E-state index in [1.54, 1.807) is 0 Å². The van der Waals surface area contributed by atoms with E-state index in [9.17, 15) is 4.79 Å². The number of imidazole rings is 1. The summed E-state index contributed by atoms with van der Waals surface area (Å²) in [6.07, 6.45) is 4.67. The first-order chi connectivity index (χ1) is 14.7. The molecule has 4 rings (SSSR count). The third-order valence-electron chi connectivity index (χ3n) is 5.35. The van der Waals surface area contributed by atoms with E-state index in [1.807, 2.05) is 24.5 Å². The van der Waals surface area contributed by atoms with Gasteiger partial charge in [-0.15, -0.1) is 0 Å². The lowest BCUT2D eigenvalue weighted by atomic mass is 9.77. The largest absolute Gasteiger partial charge is 0.356 e. The maximum atomic E-state index is 11.2. The number of hydrogen-bond donors (Lipinski definition) is 1. The molecule has 4 heteroatoms. The molecule has 0 fully saturated rings. The summed E-state index contributed by atoms with van der Waals surface area (Å²) < 4.78 is 2.19. The van der Waals surface area contributed by atoms with Crippen LogP contribution in [0.1, 0.15) is 29.3 Å². The number of carbonyl (C=O) groups excluding carboxylic acids is 1. The summed E-state index contributed by atoms with van der Waals surface area (Å²) in [5.74, 6) is -0.0263. The van der Waals surface area contributed by atoms with Crippen molar-refractivity contribution in [3.63, 3.8) is 0 Å². The minimum Gasteiger partial charge on any atom is -0.356 e. The Bertz CT molecular complexity index is 992. The van der Waals surface area contributed by atoms with Crippen LogP contribution in [0.3, 0.4) is 0 Å². The van der Waals surface area contributed by atoms with E-state index in [1.165, 1.54) is 6.92 Å². The molecule has 1 N–H and O–H groups in total. The molecule has 0 spiro atoms. The average molecular weight is 396 g/mol. The van der Waals surface area contributed by atoms with Gasteiger partial charge in [0.1, 0.15) is 5.54 Å². The van der Waals surface area contributed by atoms with E-state index in [2.05, 4.69) is 93.9 Å². The van der Waals surface area contributed by atoms with Crippen molar-refractivity contribution in [1.29, 1.82) is 0 Å². The number of nitrogens with one attached hydrogen (secondary N) is 1. The molecule has 0 unspecified atom stereocenters. The third kappa shape index (κ3) is 3.77. The summed E-state index contributed by atoms with van der Waals surface area (Å²) in [6.45, 7) is 2.10. The van der Waals surface area contributed by atoms with E-state index >= 15 is 0 Å².